The molecule has 1 fully saturated rings. The van der Waals surface area contributed by atoms with Crippen molar-refractivity contribution >= 4 is 5.91 Å². The molecule has 22 heavy (non-hydrogen) atoms. The van der Waals surface area contributed by atoms with Gasteiger partial charge in [0.15, 0.2) is 11.6 Å². The maximum absolute atomic E-state index is 13.1. The van der Waals surface area contributed by atoms with Crippen LogP contribution in [0.4, 0.5) is 8.78 Å². The minimum atomic E-state index is -1.00. The number of ether oxygens (including phenoxy) is 1. The third-order valence-electron chi connectivity index (χ3n) is 4.05. The maximum atomic E-state index is 13.1. The van der Waals surface area contributed by atoms with E-state index in [0.717, 1.165) is 51.2 Å². The molecule has 1 aliphatic rings. The van der Waals surface area contributed by atoms with Gasteiger partial charge < -0.3 is 15.0 Å². The third kappa shape index (κ3) is 4.74. The van der Waals surface area contributed by atoms with E-state index in [1.165, 1.54) is 6.07 Å². The second kappa shape index (κ2) is 8.19. The molecule has 0 bridgehead atoms. The summed E-state index contributed by atoms with van der Waals surface area (Å²) in [4.78, 5) is 14.3. The number of carbonyl (C=O) groups is 1. The predicted octanol–water partition coefficient (Wildman–Crippen LogP) is 2.05. The molecule has 1 N–H and O–H groups in total. The Morgan fingerprint density at radius 2 is 2.05 bits per heavy atom. The van der Waals surface area contributed by atoms with Crippen LogP contribution in [0.25, 0.3) is 0 Å². The smallest absolute Gasteiger partial charge is 0.251 e. The standard InChI is InChI=1S/C16H22F2N2O2/c1-22-9-8-20-6-4-12(5-7-20)11-19-16(21)13-2-3-14(17)15(18)10-13/h2-3,10,12H,4-9,11H2,1H3,(H,19,21). The van der Waals surface area contributed by atoms with E-state index in [4.69, 9.17) is 4.74 Å². The molecule has 1 aromatic rings. The Morgan fingerprint density at radius 1 is 1.32 bits per heavy atom. The summed E-state index contributed by atoms with van der Waals surface area (Å²) in [5.41, 5.74) is 0.149. The predicted molar refractivity (Wildman–Crippen MR) is 79.7 cm³/mol. The SMILES string of the molecule is COCCN1CCC(CNC(=O)c2ccc(F)c(F)c2)CC1. The highest BCUT2D eigenvalue weighted by Gasteiger charge is 2.19. The number of benzene rings is 1. The zero-order chi connectivity index (χ0) is 15.9. The Hall–Kier alpha value is -1.53. The van der Waals surface area contributed by atoms with Crippen molar-refractivity contribution < 1.29 is 18.3 Å². The molecule has 0 aliphatic carbocycles. The highest BCUT2D eigenvalue weighted by molar-refractivity contribution is 5.94. The van der Waals surface area contributed by atoms with E-state index in [0.29, 0.717) is 12.5 Å². The third-order valence-corrected chi connectivity index (χ3v) is 4.05. The minimum Gasteiger partial charge on any atom is -0.383 e. The Kier molecular flexibility index (Phi) is 6.27. The molecule has 0 radical (unpaired) electrons. The molecule has 6 heteroatoms. The van der Waals surface area contributed by atoms with E-state index in [-0.39, 0.29) is 11.5 Å². The first-order valence-corrected chi connectivity index (χ1v) is 7.54. The van der Waals surface area contributed by atoms with Crippen molar-refractivity contribution in [1.82, 2.24) is 10.2 Å². The zero-order valence-corrected chi connectivity index (χ0v) is 12.8. The van der Waals surface area contributed by atoms with Crippen molar-refractivity contribution in [3.05, 3.63) is 35.4 Å². The largest absolute Gasteiger partial charge is 0.383 e. The average Bonchev–Trinajstić information content (AvgIpc) is 2.54. The van der Waals surface area contributed by atoms with Crippen molar-refractivity contribution in [1.29, 1.82) is 0 Å². The minimum absolute atomic E-state index is 0.149. The lowest BCUT2D eigenvalue weighted by Gasteiger charge is -2.31. The number of hydrogen-bond donors (Lipinski definition) is 1. The van der Waals surface area contributed by atoms with Crippen LogP contribution in [0.3, 0.4) is 0 Å². The van der Waals surface area contributed by atoms with Crippen molar-refractivity contribution in [2.75, 3.05) is 39.9 Å². The summed E-state index contributed by atoms with van der Waals surface area (Å²) in [6.07, 6.45) is 2.03. The second-order valence-corrected chi connectivity index (χ2v) is 5.62. The molecule has 1 aliphatic heterocycles. The molecule has 0 unspecified atom stereocenters. The number of nitrogens with one attached hydrogen (secondary N) is 1. The van der Waals surface area contributed by atoms with E-state index in [2.05, 4.69) is 10.2 Å². The molecular weight excluding hydrogens is 290 g/mol. The van der Waals surface area contributed by atoms with Gasteiger partial charge in [0.2, 0.25) is 0 Å². The van der Waals surface area contributed by atoms with Gasteiger partial charge in [-0.3, -0.25) is 4.79 Å². The van der Waals surface area contributed by atoms with Crippen LogP contribution in [-0.4, -0.2) is 50.7 Å². The van der Waals surface area contributed by atoms with E-state index in [1.54, 1.807) is 7.11 Å². The van der Waals surface area contributed by atoms with Crippen molar-refractivity contribution in [2.24, 2.45) is 5.92 Å². The summed E-state index contributed by atoms with van der Waals surface area (Å²) in [6, 6.07) is 3.19. The molecule has 1 aromatic carbocycles. The van der Waals surface area contributed by atoms with Crippen LogP contribution >= 0.6 is 0 Å². The summed E-state index contributed by atoms with van der Waals surface area (Å²) >= 11 is 0. The molecule has 1 amide bonds. The molecule has 0 saturated carbocycles. The molecule has 1 heterocycles. The van der Waals surface area contributed by atoms with Crippen LogP contribution in [0.5, 0.6) is 0 Å². The van der Waals surface area contributed by atoms with E-state index < -0.39 is 11.6 Å². The van der Waals surface area contributed by atoms with E-state index >= 15 is 0 Å². The molecule has 0 atom stereocenters. The number of nitrogens with zero attached hydrogens (tertiary/aromatic N) is 1. The lowest BCUT2D eigenvalue weighted by atomic mass is 9.96. The highest BCUT2D eigenvalue weighted by atomic mass is 19.2. The lowest BCUT2D eigenvalue weighted by molar-refractivity contribution is 0.0925. The van der Waals surface area contributed by atoms with Crippen molar-refractivity contribution in [3.63, 3.8) is 0 Å². The summed E-state index contributed by atoms with van der Waals surface area (Å²) in [6.45, 7) is 4.22. The van der Waals surface area contributed by atoms with Crippen LogP contribution < -0.4 is 5.32 Å². The van der Waals surface area contributed by atoms with E-state index in [9.17, 15) is 13.6 Å². The maximum Gasteiger partial charge on any atom is 0.251 e. The Morgan fingerprint density at radius 3 is 2.68 bits per heavy atom. The van der Waals surface area contributed by atoms with E-state index in [1.807, 2.05) is 0 Å². The van der Waals surface area contributed by atoms with Gasteiger partial charge in [-0.1, -0.05) is 0 Å². The number of halogens is 2. The van der Waals surface area contributed by atoms with Gasteiger partial charge >= 0.3 is 0 Å². The fraction of sp³-hybridized carbons (Fsp3) is 0.562. The zero-order valence-electron chi connectivity index (χ0n) is 12.8. The first-order valence-electron chi connectivity index (χ1n) is 7.54. The summed E-state index contributed by atoms with van der Waals surface area (Å²) < 4.78 is 31.0. The van der Waals surface area contributed by atoms with Crippen LogP contribution in [0.1, 0.15) is 23.2 Å². The topological polar surface area (TPSA) is 41.6 Å². The van der Waals surface area contributed by atoms with Gasteiger partial charge in [0.1, 0.15) is 0 Å². The lowest BCUT2D eigenvalue weighted by Crippen LogP contribution is -2.39. The fourth-order valence-corrected chi connectivity index (χ4v) is 2.61. The number of methoxy groups -OCH3 is 1. The number of rotatable bonds is 6. The second-order valence-electron chi connectivity index (χ2n) is 5.62. The molecule has 0 spiro atoms. The quantitative estimate of drug-likeness (QED) is 0.874. The Balaban J connectivity index is 1.74. The van der Waals surface area contributed by atoms with Crippen molar-refractivity contribution in [3.8, 4) is 0 Å². The number of amides is 1. The first-order chi connectivity index (χ1) is 10.6. The molecule has 0 aromatic heterocycles. The normalized spacial score (nSPS) is 16.7. The molecule has 2 rings (SSSR count). The number of piperidine rings is 1. The van der Waals surface area contributed by atoms with Gasteiger partial charge in [-0.2, -0.15) is 0 Å². The Bertz CT molecular complexity index is 503. The Labute approximate surface area is 129 Å². The number of carbonyl (C=O) groups excluding carboxylic acids is 1. The molecular formula is C16H22F2N2O2. The molecule has 1 saturated heterocycles. The van der Waals surface area contributed by atoms with Crippen LogP contribution in [-0.2, 0) is 4.74 Å². The number of likely N-dealkylation sites (tertiary alicyclic amines) is 1. The monoisotopic (exact) mass is 312 g/mol. The average molecular weight is 312 g/mol. The first kappa shape index (κ1) is 16.8. The molecule has 122 valence electrons. The highest BCUT2D eigenvalue weighted by Crippen LogP contribution is 2.16. The summed E-state index contributed by atoms with van der Waals surface area (Å²) in [7, 11) is 1.70. The van der Waals surface area contributed by atoms with Crippen LogP contribution in [0.15, 0.2) is 18.2 Å². The van der Waals surface area contributed by atoms with Gasteiger partial charge in [0, 0.05) is 25.8 Å². The van der Waals surface area contributed by atoms with Gasteiger partial charge in [-0.15, -0.1) is 0 Å². The van der Waals surface area contributed by atoms with Gasteiger partial charge in [-0.05, 0) is 50.0 Å². The fourth-order valence-electron chi connectivity index (χ4n) is 2.61. The summed E-state index contributed by atoms with van der Waals surface area (Å²) in [5, 5.41) is 2.80. The van der Waals surface area contributed by atoms with Crippen LogP contribution in [0, 0.1) is 17.6 Å². The van der Waals surface area contributed by atoms with Gasteiger partial charge in [0.25, 0.3) is 5.91 Å². The van der Waals surface area contributed by atoms with Gasteiger partial charge in [0.05, 0.1) is 6.61 Å². The summed E-state index contributed by atoms with van der Waals surface area (Å²) in [5.74, 6) is -1.88. The number of hydrogen-bond acceptors (Lipinski definition) is 3. The molecule has 4 nitrogen and oxygen atoms in total. The van der Waals surface area contributed by atoms with Crippen LogP contribution in [0.2, 0.25) is 0 Å². The van der Waals surface area contributed by atoms with Gasteiger partial charge in [-0.25, -0.2) is 8.78 Å². The van der Waals surface area contributed by atoms with Crippen molar-refractivity contribution in [2.45, 2.75) is 12.8 Å².